The van der Waals surface area contributed by atoms with Gasteiger partial charge in [0.25, 0.3) is 5.91 Å². The topological polar surface area (TPSA) is 67.2 Å². The highest BCUT2D eigenvalue weighted by molar-refractivity contribution is 5.93. The Morgan fingerprint density at radius 1 is 1.45 bits per heavy atom. The van der Waals surface area contributed by atoms with Crippen molar-refractivity contribution in [2.24, 2.45) is 18.9 Å². The number of aromatic nitrogens is 2. The second-order valence-electron chi connectivity index (χ2n) is 6.37. The molecule has 1 saturated heterocycles. The molecule has 1 aliphatic heterocycles. The van der Waals surface area contributed by atoms with E-state index < -0.39 is 0 Å². The summed E-state index contributed by atoms with van der Waals surface area (Å²) in [5.41, 5.74) is 1.55. The summed E-state index contributed by atoms with van der Waals surface area (Å²) < 4.78 is 1.65. The van der Waals surface area contributed by atoms with E-state index in [1.807, 2.05) is 13.0 Å². The van der Waals surface area contributed by atoms with Crippen molar-refractivity contribution in [3.05, 3.63) is 17.5 Å². The van der Waals surface area contributed by atoms with Gasteiger partial charge in [0, 0.05) is 26.7 Å². The molecule has 0 aromatic carbocycles. The summed E-state index contributed by atoms with van der Waals surface area (Å²) in [6.45, 7) is 7.92. The van der Waals surface area contributed by atoms with Gasteiger partial charge >= 0.3 is 0 Å². The Kier molecular flexibility index (Phi) is 5.21. The number of carbonyl (C=O) groups excluding carboxylic acids is 2. The number of nitrogens with one attached hydrogen (secondary N) is 1. The molecule has 6 heteroatoms. The van der Waals surface area contributed by atoms with Gasteiger partial charge in [-0.1, -0.05) is 13.8 Å². The van der Waals surface area contributed by atoms with Crippen LogP contribution in [-0.4, -0.2) is 46.1 Å². The van der Waals surface area contributed by atoms with Gasteiger partial charge in [-0.05, 0) is 31.7 Å². The fourth-order valence-corrected chi connectivity index (χ4v) is 2.88. The molecule has 2 rings (SSSR count). The second-order valence-corrected chi connectivity index (χ2v) is 6.37. The third-order valence-electron chi connectivity index (χ3n) is 3.96. The lowest BCUT2D eigenvalue weighted by Gasteiger charge is -2.16. The Hall–Kier alpha value is -1.85. The summed E-state index contributed by atoms with van der Waals surface area (Å²) in [7, 11) is 1.80. The molecule has 22 heavy (non-hydrogen) atoms. The average Bonchev–Trinajstić information content (AvgIpc) is 3.05. The predicted molar refractivity (Wildman–Crippen MR) is 84.4 cm³/mol. The molecule has 1 aromatic heterocycles. The molecular weight excluding hydrogens is 280 g/mol. The van der Waals surface area contributed by atoms with Crippen molar-refractivity contribution in [1.82, 2.24) is 20.0 Å². The lowest BCUT2D eigenvalue weighted by molar-refractivity contribution is -0.124. The van der Waals surface area contributed by atoms with Crippen LogP contribution in [0.15, 0.2) is 6.07 Å². The number of amides is 2. The van der Waals surface area contributed by atoms with Crippen LogP contribution in [0.1, 0.15) is 43.4 Å². The van der Waals surface area contributed by atoms with Gasteiger partial charge in [-0.2, -0.15) is 5.10 Å². The minimum Gasteiger partial charge on any atom is -0.356 e. The molecule has 0 bridgehead atoms. The maximum absolute atomic E-state index is 12.6. The van der Waals surface area contributed by atoms with Crippen LogP contribution in [0.2, 0.25) is 0 Å². The fraction of sp³-hybridized carbons (Fsp3) is 0.688. The SMILES string of the molecule is CCNC(=O)C1CCN(C(=O)c2cc(CC(C)C)nn2C)C1. The number of hydrogen-bond donors (Lipinski definition) is 1. The number of nitrogens with zero attached hydrogens (tertiary/aromatic N) is 3. The first-order chi connectivity index (χ1) is 10.4. The van der Waals surface area contributed by atoms with Crippen molar-refractivity contribution in [3.63, 3.8) is 0 Å². The van der Waals surface area contributed by atoms with Crippen molar-refractivity contribution in [2.75, 3.05) is 19.6 Å². The van der Waals surface area contributed by atoms with Gasteiger partial charge in [-0.3, -0.25) is 14.3 Å². The van der Waals surface area contributed by atoms with Gasteiger partial charge in [0.2, 0.25) is 5.91 Å². The van der Waals surface area contributed by atoms with E-state index in [0.717, 1.165) is 18.5 Å². The van der Waals surface area contributed by atoms with E-state index >= 15 is 0 Å². The Bertz CT molecular complexity index is 550. The molecule has 1 aliphatic rings. The molecule has 0 aliphatic carbocycles. The molecule has 1 aromatic rings. The molecule has 1 unspecified atom stereocenters. The predicted octanol–water partition coefficient (Wildman–Crippen LogP) is 1.22. The molecule has 2 amide bonds. The van der Waals surface area contributed by atoms with Crippen LogP contribution in [0, 0.1) is 11.8 Å². The summed E-state index contributed by atoms with van der Waals surface area (Å²) in [5, 5.41) is 7.25. The summed E-state index contributed by atoms with van der Waals surface area (Å²) in [6.07, 6.45) is 1.59. The van der Waals surface area contributed by atoms with Gasteiger partial charge in [-0.15, -0.1) is 0 Å². The van der Waals surface area contributed by atoms with Gasteiger partial charge < -0.3 is 10.2 Å². The minimum absolute atomic E-state index is 0.0307. The van der Waals surface area contributed by atoms with E-state index in [-0.39, 0.29) is 17.7 Å². The number of rotatable bonds is 5. The van der Waals surface area contributed by atoms with Crippen molar-refractivity contribution < 1.29 is 9.59 Å². The molecular formula is C16H26N4O2. The molecule has 0 spiro atoms. The first-order valence-corrected chi connectivity index (χ1v) is 8.02. The van der Waals surface area contributed by atoms with E-state index in [9.17, 15) is 9.59 Å². The van der Waals surface area contributed by atoms with Gasteiger partial charge in [0.1, 0.15) is 5.69 Å². The van der Waals surface area contributed by atoms with Crippen LogP contribution in [0.25, 0.3) is 0 Å². The Balaban J connectivity index is 2.03. The lowest BCUT2D eigenvalue weighted by atomic mass is 10.1. The number of hydrogen-bond acceptors (Lipinski definition) is 3. The Morgan fingerprint density at radius 2 is 2.18 bits per heavy atom. The quantitative estimate of drug-likeness (QED) is 0.889. The summed E-state index contributed by atoms with van der Waals surface area (Å²) in [5.74, 6) is 0.430. The van der Waals surface area contributed by atoms with Gasteiger partial charge in [0.15, 0.2) is 0 Å². The fourth-order valence-electron chi connectivity index (χ4n) is 2.88. The van der Waals surface area contributed by atoms with E-state index in [0.29, 0.717) is 31.2 Å². The average molecular weight is 306 g/mol. The highest BCUT2D eigenvalue weighted by atomic mass is 16.2. The van der Waals surface area contributed by atoms with Crippen LogP contribution in [0.4, 0.5) is 0 Å². The van der Waals surface area contributed by atoms with Gasteiger partial charge in [-0.25, -0.2) is 0 Å². The first kappa shape index (κ1) is 16.5. The summed E-state index contributed by atoms with van der Waals surface area (Å²) in [4.78, 5) is 26.3. The van der Waals surface area contributed by atoms with Crippen molar-refractivity contribution in [2.45, 2.75) is 33.6 Å². The zero-order chi connectivity index (χ0) is 16.3. The first-order valence-electron chi connectivity index (χ1n) is 8.02. The van der Waals surface area contributed by atoms with Crippen molar-refractivity contribution in [1.29, 1.82) is 0 Å². The normalized spacial score (nSPS) is 18.0. The zero-order valence-corrected chi connectivity index (χ0v) is 13.9. The molecule has 122 valence electrons. The van der Waals surface area contributed by atoms with E-state index in [4.69, 9.17) is 0 Å². The largest absolute Gasteiger partial charge is 0.356 e. The van der Waals surface area contributed by atoms with Crippen molar-refractivity contribution >= 4 is 11.8 Å². The highest BCUT2D eigenvalue weighted by Crippen LogP contribution is 2.19. The summed E-state index contributed by atoms with van der Waals surface area (Å²) in [6, 6.07) is 1.88. The Labute approximate surface area is 131 Å². The molecule has 0 saturated carbocycles. The number of carbonyl (C=O) groups is 2. The summed E-state index contributed by atoms with van der Waals surface area (Å²) >= 11 is 0. The Morgan fingerprint density at radius 3 is 2.82 bits per heavy atom. The molecule has 0 radical (unpaired) electrons. The molecule has 1 N–H and O–H groups in total. The second kappa shape index (κ2) is 6.94. The molecule has 6 nitrogen and oxygen atoms in total. The van der Waals surface area contributed by atoms with Crippen molar-refractivity contribution in [3.8, 4) is 0 Å². The van der Waals surface area contributed by atoms with Crippen LogP contribution in [0.3, 0.4) is 0 Å². The van der Waals surface area contributed by atoms with Crippen LogP contribution < -0.4 is 5.32 Å². The number of likely N-dealkylation sites (tertiary alicyclic amines) is 1. The van der Waals surface area contributed by atoms with E-state index in [1.54, 1.807) is 16.6 Å². The third kappa shape index (κ3) is 3.67. The lowest BCUT2D eigenvalue weighted by Crippen LogP contribution is -2.35. The van der Waals surface area contributed by atoms with Crippen LogP contribution >= 0.6 is 0 Å². The maximum Gasteiger partial charge on any atom is 0.272 e. The van der Waals surface area contributed by atoms with Gasteiger partial charge in [0.05, 0.1) is 11.6 Å². The zero-order valence-electron chi connectivity index (χ0n) is 13.9. The molecule has 1 atom stereocenters. The van der Waals surface area contributed by atoms with Crippen LogP contribution in [0.5, 0.6) is 0 Å². The minimum atomic E-state index is -0.0905. The standard InChI is InChI=1S/C16H26N4O2/c1-5-17-15(21)12-6-7-20(10-12)16(22)14-9-13(8-11(2)3)18-19(14)4/h9,11-12H,5-8,10H2,1-4H3,(H,17,21). The molecule has 1 fully saturated rings. The van der Waals surface area contributed by atoms with E-state index in [2.05, 4.69) is 24.3 Å². The molecule has 2 heterocycles. The smallest absolute Gasteiger partial charge is 0.272 e. The monoisotopic (exact) mass is 306 g/mol. The third-order valence-corrected chi connectivity index (χ3v) is 3.96. The van der Waals surface area contributed by atoms with Crippen LogP contribution in [-0.2, 0) is 18.3 Å². The van der Waals surface area contributed by atoms with E-state index in [1.165, 1.54) is 0 Å². The highest BCUT2D eigenvalue weighted by Gasteiger charge is 2.32. The maximum atomic E-state index is 12.6. The number of aryl methyl sites for hydroxylation is 1.